The molecule has 1 aromatic rings. The van der Waals surface area contributed by atoms with Crippen molar-refractivity contribution in [2.24, 2.45) is 0 Å². The monoisotopic (exact) mass is 259 g/mol. The molecule has 0 fully saturated rings. The predicted molar refractivity (Wildman–Crippen MR) is 70.6 cm³/mol. The summed E-state index contributed by atoms with van der Waals surface area (Å²) in [6.45, 7) is 3.66. The highest BCUT2D eigenvalue weighted by Crippen LogP contribution is 2.25. The van der Waals surface area contributed by atoms with Crippen molar-refractivity contribution in [3.05, 3.63) is 23.8 Å². The minimum atomic E-state index is -2.87. The number of nitrogen functional groups attached to an aromatic ring is 1. The molecular weight excluding hydrogens is 242 g/mol. The largest absolute Gasteiger partial charge is 0.398 e. The van der Waals surface area contributed by atoms with Gasteiger partial charge in [-0.25, -0.2) is 8.42 Å². The Balaban J connectivity index is 2.59. The molecule has 3 nitrogen and oxygen atoms in total. The Labute approximate surface area is 101 Å². The Kier molecular flexibility index (Phi) is 4.68. The number of sulfone groups is 1. The molecule has 0 spiro atoms. The Morgan fingerprint density at radius 3 is 2.69 bits per heavy atom. The molecule has 0 radical (unpaired) electrons. The van der Waals surface area contributed by atoms with E-state index in [2.05, 4.69) is 0 Å². The summed E-state index contributed by atoms with van der Waals surface area (Å²) in [5.41, 5.74) is 7.65. The normalized spacial score (nSPS) is 11.6. The summed E-state index contributed by atoms with van der Waals surface area (Å²) in [5, 5.41) is 0. The fourth-order valence-corrected chi connectivity index (χ4v) is 3.55. The minimum absolute atomic E-state index is 0.205. The van der Waals surface area contributed by atoms with Crippen LogP contribution in [0.3, 0.4) is 0 Å². The molecule has 16 heavy (non-hydrogen) atoms. The van der Waals surface area contributed by atoms with Gasteiger partial charge in [0.05, 0.1) is 5.75 Å². The molecule has 0 amide bonds. The molecule has 0 saturated heterocycles. The van der Waals surface area contributed by atoms with Crippen LogP contribution in [0.1, 0.15) is 12.5 Å². The zero-order chi connectivity index (χ0) is 12.2. The van der Waals surface area contributed by atoms with Crippen molar-refractivity contribution < 1.29 is 8.42 Å². The van der Waals surface area contributed by atoms with Gasteiger partial charge in [0.25, 0.3) is 0 Å². The van der Waals surface area contributed by atoms with Crippen molar-refractivity contribution in [2.75, 3.05) is 23.0 Å². The average molecular weight is 259 g/mol. The van der Waals surface area contributed by atoms with E-state index in [1.165, 1.54) is 11.8 Å². The standard InChI is InChI=1S/C11H17NO2S2/c1-3-16(13,14)7-6-15-11-8-9(2)4-5-10(11)12/h4-5,8H,3,6-7,12H2,1-2H3. The van der Waals surface area contributed by atoms with Crippen LogP contribution in [0.4, 0.5) is 5.69 Å². The van der Waals surface area contributed by atoms with Gasteiger partial charge in [0, 0.05) is 22.1 Å². The molecule has 0 aliphatic carbocycles. The molecule has 1 aromatic carbocycles. The molecule has 0 aliphatic rings. The van der Waals surface area contributed by atoms with Gasteiger partial charge in [-0.2, -0.15) is 0 Å². The van der Waals surface area contributed by atoms with Gasteiger partial charge in [0.15, 0.2) is 9.84 Å². The van der Waals surface area contributed by atoms with Gasteiger partial charge in [-0.1, -0.05) is 13.0 Å². The van der Waals surface area contributed by atoms with E-state index in [4.69, 9.17) is 5.73 Å². The van der Waals surface area contributed by atoms with Crippen molar-refractivity contribution in [1.29, 1.82) is 0 Å². The number of thioether (sulfide) groups is 1. The van der Waals surface area contributed by atoms with Gasteiger partial charge in [-0.3, -0.25) is 0 Å². The zero-order valence-corrected chi connectivity index (χ0v) is 11.2. The topological polar surface area (TPSA) is 60.2 Å². The Morgan fingerprint density at radius 1 is 1.38 bits per heavy atom. The molecule has 1 rings (SSSR count). The van der Waals surface area contributed by atoms with E-state index in [1.807, 2.05) is 25.1 Å². The average Bonchev–Trinajstić information content (AvgIpc) is 2.23. The summed E-state index contributed by atoms with van der Waals surface area (Å²) in [5.74, 6) is 0.974. The third-order valence-electron chi connectivity index (χ3n) is 2.26. The van der Waals surface area contributed by atoms with Gasteiger partial charge < -0.3 is 5.73 Å². The van der Waals surface area contributed by atoms with Crippen LogP contribution in [0.15, 0.2) is 23.1 Å². The number of anilines is 1. The summed E-state index contributed by atoms with van der Waals surface area (Å²) in [6, 6.07) is 5.78. The summed E-state index contributed by atoms with van der Waals surface area (Å²) >= 11 is 1.50. The van der Waals surface area contributed by atoms with Gasteiger partial charge in [-0.05, 0) is 24.6 Å². The number of benzene rings is 1. The maximum absolute atomic E-state index is 11.3. The maximum atomic E-state index is 11.3. The minimum Gasteiger partial charge on any atom is -0.398 e. The number of hydrogen-bond donors (Lipinski definition) is 1. The van der Waals surface area contributed by atoms with Gasteiger partial charge >= 0.3 is 0 Å². The van der Waals surface area contributed by atoms with Crippen LogP contribution in [0, 0.1) is 6.92 Å². The first-order valence-corrected chi connectivity index (χ1v) is 7.94. The quantitative estimate of drug-likeness (QED) is 0.650. The van der Waals surface area contributed by atoms with Crippen molar-refractivity contribution in [1.82, 2.24) is 0 Å². The van der Waals surface area contributed by atoms with E-state index in [0.29, 0.717) is 11.4 Å². The van der Waals surface area contributed by atoms with Crippen LogP contribution in [0.2, 0.25) is 0 Å². The summed E-state index contributed by atoms with van der Waals surface area (Å²) in [4.78, 5) is 0.964. The summed E-state index contributed by atoms with van der Waals surface area (Å²) < 4.78 is 22.6. The second kappa shape index (κ2) is 5.59. The first-order valence-electron chi connectivity index (χ1n) is 5.14. The lowest BCUT2D eigenvalue weighted by Gasteiger charge is -2.06. The lowest BCUT2D eigenvalue weighted by atomic mass is 10.2. The van der Waals surface area contributed by atoms with Crippen LogP contribution < -0.4 is 5.73 Å². The number of hydrogen-bond acceptors (Lipinski definition) is 4. The molecule has 0 bridgehead atoms. The highest BCUT2D eigenvalue weighted by molar-refractivity contribution is 8.00. The maximum Gasteiger partial charge on any atom is 0.150 e. The summed E-state index contributed by atoms with van der Waals surface area (Å²) in [7, 11) is -2.87. The van der Waals surface area contributed by atoms with Crippen molar-refractivity contribution in [3.8, 4) is 0 Å². The number of nitrogens with two attached hydrogens (primary N) is 1. The van der Waals surface area contributed by atoms with Crippen molar-refractivity contribution in [2.45, 2.75) is 18.7 Å². The molecule has 5 heteroatoms. The van der Waals surface area contributed by atoms with Crippen LogP contribution in [-0.4, -0.2) is 25.7 Å². The van der Waals surface area contributed by atoms with E-state index in [9.17, 15) is 8.42 Å². The van der Waals surface area contributed by atoms with Gasteiger partial charge in [0.2, 0.25) is 0 Å². The lowest BCUT2D eigenvalue weighted by molar-refractivity contribution is 0.599. The smallest absolute Gasteiger partial charge is 0.150 e. The predicted octanol–water partition coefficient (Wildman–Crippen LogP) is 2.10. The van der Waals surface area contributed by atoms with Crippen molar-refractivity contribution >= 4 is 27.3 Å². The van der Waals surface area contributed by atoms with Gasteiger partial charge in [0.1, 0.15) is 0 Å². The molecule has 0 heterocycles. The zero-order valence-electron chi connectivity index (χ0n) is 9.56. The SMILES string of the molecule is CCS(=O)(=O)CCSc1cc(C)ccc1N. The molecule has 0 saturated carbocycles. The molecule has 0 atom stereocenters. The van der Waals surface area contributed by atoms with E-state index < -0.39 is 9.84 Å². The van der Waals surface area contributed by atoms with Crippen LogP contribution in [0.5, 0.6) is 0 Å². The first kappa shape index (κ1) is 13.4. The van der Waals surface area contributed by atoms with E-state index in [-0.39, 0.29) is 11.5 Å². The molecular formula is C11H17NO2S2. The van der Waals surface area contributed by atoms with Crippen LogP contribution in [-0.2, 0) is 9.84 Å². The fraction of sp³-hybridized carbons (Fsp3) is 0.455. The Bertz CT molecular complexity index is 455. The second-order valence-electron chi connectivity index (χ2n) is 3.63. The Morgan fingerprint density at radius 2 is 2.06 bits per heavy atom. The van der Waals surface area contributed by atoms with E-state index in [1.54, 1.807) is 6.92 Å². The van der Waals surface area contributed by atoms with Crippen LogP contribution >= 0.6 is 11.8 Å². The third-order valence-corrected chi connectivity index (χ3v) is 5.30. The van der Waals surface area contributed by atoms with E-state index in [0.717, 1.165) is 10.5 Å². The van der Waals surface area contributed by atoms with Crippen LogP contribution in [0.25, 0.3) is 0 Å². The molecule has 90 valence electrons. The molecule has 2 N–H and O–H groups in total. The van der Waals surface area contributed by atoms with Gasteiger partial charge in [-0.15, -0.1) is 11.8 Å². The highest BCUT2D eigenvalue weighted by atomic mass is 32.2. The molecule has 0 aliphatic heterocycles. The first-order chi connectivity index (χ1) is 7.44. The highest BCUT2D eigenvalue weighted by Gasteiger charge is 2.08. The molecule has 0 unspecified atom stereocenters. The molecule has 0 aromatic heterocycles. The third kappa shape index (κ3) is 4.06. The second-order valence-corrected chi connectivity index (χ2v) is 7.24. The number of aryl methyl sites for hydroxylation is 1. The van der Waals surface area contributed by atoms with E-state index >= 15 is 0 Å². The Hall–Kier alpha value is -0.680. The summed E-state index contributed by atoms with van der Waals surface area (Å²) in [6.07, 6.45) is 0. The number of rotatable bonds is 5. The van der Waals surface area contributed by atoms with Crippen molar-refractivity contribution in [3.63, 3.8) is 0 Å². The fourth-order valence-electron chi connectivity index (χ4n) is 1.19. The lowest BCUT2D eigenvalue weighted by Crippen LogP contribution is -2.10.